The van der Waals surface area contributed by atoms with E-state index in [0.29, 0.717) is 36.0 Å². The number of benzene rings is 2. The Kier molecular flexibility index (Phi) is 5.22. The van der Waals surface area contributed by atoms with E-state index in [2.05, 4.69) is 0 Å². The highest BCUT2D eigenvalue weighted by Gasteiger charge is 2.15. The van der Waals surface area contributed by atoms with Crippen LogP contribution in [0.4, 0.5) is 0 Å². The number of allylic oxidation sites excluding steroid dienone is 1. The predicted octanol–water partition coefficient (Wildman–Crippen LogP) is 3.21. The highest BCUT2D eigenvalue weighted by molar-refractivity contribution is 6.07. The number of carboxylic acid groups (broad SMARTS) is 1. The molecule has 2 aromatic carbocycles. The summed E-state index contributed by atoms with van der Waals surface area (Å²) in [5.41, 5.74) is 1.15. The first-order chi connectivity index (χ1) is 12.5. The molecular formula is C20H18O6. The van der Waals surface area contributed by atoms with Crippen LogP contribution in [0, 0.1) is 0 Å². The molecule has 1 N–H and O–H groups in total. The molecule has 1 aliphatic rings. The van der Waals surface area contributed by atoms with Crippen LogP contribution in [0.15, 0.2) is 48.5 Å². The Balaban J connectivity index is 1.76. The van der Waals surface area contributed by atoms with Crippen LogP contribution >= 0.6 is 0 Å². The monoisotopic (exact) mass is 354 g/mol. The Bertz CT molecular complexity index is 855. The van der Waals surface area contributed by atoms with Gasteiger partial charge in [0.15, 0.2) is 23.4 Å². The van der Waals surface area contributed by atoms with E-state index >= 15 is 0 Å². The third-order valence-electron chi connectivity index (χ3n) is 3.79. The molecule has 0 radical (unpaired) electrons. The number of hydrogen-bond acceptors (Lipinski definition) is 5. The Labute approximate surface area is 150 Å². The molecule has 134 valence electrons. The number of hydrogen-bond donors (Lipinski definition) is 1. The molecule has 0 aliphatic carbocycles. The van der Waals surface area contributed by atoms with Gasteiger partial charge in [-0.3, -0.25) is 4.79 Å². The fourth-order valence-electron chi connectivity index (χ4n) is 2.47. The zero-order chi connectivity index (χ0) is 18.5. The van der Waals surface area contributed by atoms with Gasteiger partial charge in [-0.15, -0.1) is 0 Å². The number of fused-ring (bicyclic) bond motifs is 1. The lowest BCUT2D eigenvalue weighted by Crippen LogP contribution is -2.22. The standard InChI is InChI=1S/C20H18O6/c1-13(20(22)23)26-16-6-2-5-15(12-16)17(21)9-8-14-4-3-7-18-19(14)25-11-10-24-18/h2-9,12-13H,10-11H2,1H3,(H,22,23)/b9-8+. The fraction of sp³-hybridized carbons (Fsp3) is 0.200. The molecule has 0 aromatic heterocycles. The summed E-state index contributed by atoms with van der Waals surface area (Å²) < 4.78 is 16.4. The molecule has 0 saturated carbocycles. The molecule has 1 unspecified atom stereocenters. The van der Waals surface area contributed by atoms with E-state index in [1.165, 1.54) is 19.1 Å². The van der Waals surface area contributed by atoms with E-state index in [1.54, 1.807) is 24.3 Å². The summed E-state index contributed by atoms with van der Waals surface area (Å²) in [5.74, 6) is 0.303. The summed E-state index contributed by atoms with van der Waals surface area (Å²) in [7, 11) is 0. The number of carboxylic acids is 1. The SMILES string of the molecule is CC(Oc1cccc(C(=O)/C=C/c2cccc3c2OCCO3)c1)C(=O)O. The molecule has 0 bridgehead atoms. The Morgan fingerprint density at radius 2 is 1.92 bits per heavy atom. The van der Waals surface area contributed by atoms with Crippen molar-refractivity contribution in [2.75, 3.05) is 13.2 Å². The van der Waals surface area contributed by atoms with Crippen molar-refractivity contribution >= 4 is 17.8 Å². The average Bonchev–Trinajstić information content (AvgIpc) is 2.66. The number of para-hydroxylation sites is 1. The second-order valence-corrected chi connectivity index (χ2v) is 5.70. The Morgan fingerprint density at radius 1 is 1.15 bits per heavy atom. The van der Waals surface area contributed by atoms with E-state index < -0.39 is 12.1 Å². The maximum absolute atomic E-state index is 12.4. The lowest BCUT2D eigenvalue weighted by Gasteiger charge is -2.19. The smallest absolute Gasteiger partial charge is 0.344 e. The van der Waals surface area contributed by atoms with Gasteiger partial charge in [0.2, 0.25) is 0 Å². The summed E-state index contributed by atoms with van der Waals surface area (Å²) in [5, 5.41) is 8.90. The number of ketones is 1. The van der Waals surface area contributed by atoms with E-state index in [9.17, 15) is 9.59 Å². The zero-order valence-corrected chi connectivity index (χ0v) is 14.2. The van der Waals surface area contributed by atoms with E-state index in [-0.39, 0.29) is 5.78 Å². The number of ether oxygens (including phenoxy) is 3. The van der Waals surface area contributed by atoms with Crippen LogP contribution in [0.5, 0.6) is 17.2 Å². The molecule has 3 rings (SSSR count). The zero-order valence-electron chi connectivity index (χ0n) is 14.2. The van der Waals surface area contributed by atoms with Gasteiger partial charge < -0.3 is 19.3 Å². The quantitative estimate of drug-likeness (QED) is 0.634. The molecular weight excluding hydrogens is 336 g/mol. The van der Waals surface area contributed by atoms with Crippen molar-refractivity contribution in [1.29, 1.82) is 0 Å². The van der Waals surface area contributed by atoms with Crippen LogP contribution in [0.1, 0.15) is 22.8 Å². The summed E-state index contributed by atoms with van der Waals surface area (Å²) in [6, 6.07) is 11.9. The van der Waals surface area contributed by atoms with Crippen molar-refractivity contribution in [1.82, 2.24) is 0 Å². The predicted molar refractivity (Wildman–Crippen MR) is 95.0 cm³/mol. The van der Waals surface area contributed by atoms with Crippen LogP contribution in [-0.2, 0) is 4.79 Å². The number of carbonyl (C=O) groups is 2. The van der Waals surface area contributed by atoms with Crippen molar-refractivity contribution < 1.29 is 28.9 Å². The maximum atomic E-state index is 12.4. The van der Waals surface area contributed by atoms with E-state index in [1.807, 2.05) is 18.2 Å². The minimum atomic E-state index is -1.07. The van der Waals surface area contributed by atoms with Crippen molar-refractivity contribution in [3.63, 3.8) is 0 Å². The summed E-state index contributed by atoms with van der Waals surface area (Å²) in [6.45, 7) is 2.39. The maximum Gasteiger partial charge on any atom is 0.344 e. The van der Waals surface area contributed by atoms with E-state index in [4.69, 9.17) is 19.3 Å². The molecule has 6 heteroatoms. The van der Waals surface area contributed by atoms with Gasteiger partial charge in [-0.1, -0.05) is 24.3 Å². The first kappa shape index (κ1) is 17.5. The Hall–Kier alpha value is -3.28. The topological polar surface area (TPSA) is 82.1 Å². The third-order valence-corrected chi connectivity index (χ3v) is 3.79. The summed E-state index contributed by atoms with van der Waals surface area (Å²) >= 11 is 0. The van der Waals surface area contributed by atoms with Gasteiger partial charge in [0.25, 0.3) is 0 Å². The lowest BCUT2D eigenvalue weighted by molar-refractivity contribution is -0.144. The summed E-state index contributed by atoms with van der Waals surface area (Å²) in [4.78, 5) is 23.3. The molecule has 6 nitrogen and oxygen atoms in total. The van der Waals surface area contributed by atoms with Gasteiger partial charge in [-0.05, 0) is 37.3 Å². The fourth-order valence-corrected chi connectivity index (χ4v) is 2.47. The van der Waals surface area contributed by atoms with Crippen molar-refractivity contribution in [3.8, 4) is 17.2 Å². The molecule has 0 amide bonds. The number of carbonyl (C=O) groups excluding carboxylic acids is 1. The molecule has 1 atom stereocenters. The van der Waals surface area contributed by atoms with Gasteiger partial charge in [0, 0.05) is 11.1 Å². The largest absolute Gasteiger partial charge is 0.486 e. The lowest BCUT2D eigenvalue weighted by atomic mass is 10.1. The van der Waals surface area contributed by atoms with Crippen LogP contribution in [0.2, 0.25) is 0 Å². The second kappa shape index (κ2) is 7.74. The first-order valence-corrected chi connectivity index (χ1v) is 8.15. The molecule has 0 spiro atoms. The molecule has 1 aliphatic heterocycles. The first-order valence-electron chi connectivity index (χ1n) is 8.15. The van der Waals surface area contributed by atoms with E-state index in [0.717, 1.165) is 5.56 Å². The van der Waals surface area contributed by atoms with Crippen LogP contribution in [-0.4, -0.2) is 36.2 Å². The van der Waals surface area contributed by atoms with Gasteiger partial charge >= 0.3 is 5.97 Å². The van der Waals surface area contributed by atoms with Gasteiger partial charge in [-0.2, -0.15) is 0 Å². The van der Waals surface area contributed by atoms with Crippen LogP contribution < -0.4 is 14.2 Å². The average molecular weight is 354 g/mol. The number of aliphatic carboxylic acids is 1. The minimum Gasteiger partial charge on any atom is -0.486 e. The second-order valence-electron chi connectivity index (χ2n) is 5.70. The highest BCUT2D eigenvalue weighted by atomic mass is 16.6. The van der Waals surface area contributed by atoms with Gasteiger partial charge in [0.1, 0.15) is 19.0 Å². The Morgan fingerprint density at radius 3 is 2.73 bits per heavy atom. The molecule has 0 fully saturated rings. The van der Waals surface area contributed by atoms with Crippen LogP contribution in [0.25, 0.3) is 6.08 Å². The summed E-state index contributed by atoms with van der Waals surface area (Å²) in [6.07, 6.45) is 2.11. The highest BCUT2D eigenvalue weighted by Crippen LogP contribution is 2.34. The minimum absolute atomic E-state index is 0.229. The number of rotatable bonds is 6. The normalized spacial score (nSPS) is 14.0. The molecule has 0 saturated heterocycles. The van der Waals surface area contributed by atoms with Crippen molar-refractivity contribution in [3.05, 3.63) is 59.7 Å². The molecule has 26 heavy (non-hydrogen) atoms. The van der Waals surface area contributed by atoms with Crippen molar-refractivity contribution in [2.45, 2.75) is 13.0 Å². The molecule has 1 heterocycles. The van der Waals surface area contributed by atoms with Crippen LogP contribution in [0.3, 0.4) is 0 Å². The van der Waals surface area contributed by atoms with Gasteiger partial charge in [0.05, 0.1) is 0 Å². The van der Waals surface area contributed by atoms with Gasteiger partial charge in [-0.25, -0.2) is 4.79 Å². The van der Waals surface area contributed by atoms with Crippen molar-refractivity contribution in [2.24, 2.45) is 0 Å². The molecule has 2 aromatic rings. The third kappa shape index (κ3) is 4.03.